The molecule has 1 aromatic carbocycles. The van der Waals surface area contributed by atoms with Crippen LogP contribution >= 0.6 is 67.8 Å². The molecule has 1 rings (SSSR count). The molecule has 3 N–H and O–H groups in total. The summed E-state index contributed by atoms with van der Waals surface area (Å²) in [6, 6.07) is 1.80. The number of nitrogens with two attached hydrogens (primary N) is 1. The van der Waals surface area contributed by atoms with Crippen LogP contribution in [0, 0.1) is 10.7 Å². The van der Waals surface area contributed by atoms with Gasteiger partial charge < -0.3 is 10.8 Å². The van der Waals surface area contributed by atoms with E-state index in [-0.39, 0.29) is 0 Å². The average molecular weight is 569 g/mol. The van der Waals surface area contributed by atoms with Crippen LogP contribution in [0.1, 0.15) is 15.9 Å². The molecular formula is C10H6I3NO3. The number of primary amides is 1. The summed E-state index contributed by atoms with van der Waals surface area (Å²) in [5.74, 6) is -1.55. The van der Waals surface area contributed by atoms with Crippen LogP contribution in [0.15, 0.2) is 12.1 Å². The van der Waals surface area contributed by atoms with Gasteiger partial charge >= 0.3 is 5.97 Å². The lowest BCUT2D eigenvalue weighted by Crippen LogP contribution is -2.16. The number of carbonyl (C=O) groups is 2. The highest BCUT2D eigenvalue weighted by atomic mass is 127. The van der Waals surface area contributed by atoms with Gasteiger partial charge in [0.15, 0.2) is 0 Å². The second-order valence-corrected chi connectivity index (χ2v) is 6.38. The normalized spacial score (nSPS) is 10.8. The molecule has 4 nitrogen and oxygen atoms in total. The Morgan fingerprint density at radius 2 is 1.82 bits per heavy atom. The summed E-state index contributed by atoms with van der Waals surface area (Å²) < 4.78 is 2.30. The van der Waals surface area contributed by atoms with E-state index < -0.39 is 11.9 Å². The van der Waals surface area contributed by atoms with Crippen molar-refractivity contribution in [2.24, 2.45) is 5.73 Å². The number of hydrogen-bond donors (Lipinski definition) is 2. The smallest absolute Gasteiger partial charge is 0.328 e. The second kappa shape index (κ2) is 6.31. The van der Waals surface area contributed by atoms with E-state index in [1.807, 2.05) is 45.2 Å². The Hall–Kier alpha value is 0.0900. The van der Waals surface area contributed by atoms with E-state index in [0.29, 0.717) is 14.7 Å². The van der Waals surface area contributed by atoms with Gasteiger partial charge in [-0.25, -0.2) is 4.79 Å². The molecule has 0 spiro atoms. The minimum atomic E-state index is -1.03. The summed E-state index contributed by atoms with van der Waals surface area (Å²) >= 11 is 6.13. The van der Waals surface area contributed by atoms with Crippen molar-refractivity contribution in [2.75, 3.05) is 0 Å². The van der Waals surface area contributed by atoms with Crippen LogP contribution in [-0.2, 0) is 4.79 Å². The molecule has 1 amide bonds. The van der Waals surface area contributed by atoms with Crippen LogP contribution in [0.5, 0.6) is 0 Å². The summed E-state index contributed by atoms with van der Waals surface area (Å²) in [7, 11) is 0. The molecule has 0 heterocycles. The van der Waals surface area contributed by atoms with Crippen molar-refractivity contribution in [3.63, 3.8) is 0 Å². The third-order valence-electron chi connectivity index (χ3n) is 1.84. The fourth-order valence-electron chi connectivity index (χ4n) is 1.14. The number of carboxylic acids is 1. The van der Waals surface area contributed by atoms with Crippen LogP contribution in [0.2, 0.25) is 0 Å². The van der Waals surface area contributed by atoms with E-state index in [2.05, 4.69) is 22.6 Å². The Kier molecular flexibility index (Phi) is 5.63. The molecule has 0 unspecified atom stereocenters. The summed E-state index contributed by atoms with van der Waals surface area (Å²) in [5, 5.41) is 8.60. The van der Waals surface area contributed by atoms with Crippen molar-refractivity contribution in [1.29, 1.82) is 0 Å². The van der Waals surface area contributed by atoms with Gasteiger partial charge in [0.2, 0.25) is 0 Å². The second-order valence-electron chi connectivity index (χ2n) is 2.98. The van der Waals surface area contributed by atoms with Gasteiger partial charge in [0, 0.05) is 22.4 Å². The summed E-state index contributed by atoms with van der Waals surface area (Å²) in [5.41, 5.74) is 6.42. The number of aliphatic carboxylic acids is 1. The first-order chi connectivity index (χ1) is 7.84. The van der Waals surface area contributed by atoms with Crippen molar-refractivity contribution in [3.05, 3.63) is 34.0 Å². The molecule has 0 aliphatic heterocycles. The molecular weight excluding hydrogens is 563 g/mol. The van der Waals surface area contributed by atoms with Gasteiger partial charge in [0.05, 0.1) is 5.56 Å². The Balaban J connectivity index is 3.46. The summed E-state index contributed by atoms with van der Waals surface area (Å²) in [4.78, 5) is 21.8. The lowest BCUT2D eigenvalue weighted by molar-refractivity contribution is -0.131. The fourth-order valence-corrected chi connectivity index (χ4v) is 5.40. The van der Waals surface area contributed by atoms with Crippen LogP contribution < -0.4 is 5.73 Å². The largest absolute Gasteiger partial charge is 0.478 e. The van der Waals surface area contributed by atoms with Gasteiger partial charge in [-0.3, -0.25) is 4.79 Å². The first kappa shape index (κ1) is 15.1. The van der Waals surface area contributed by atoms with Crippen LogP contribution in [0.25, 0.3) is 6.08 Å². The maximum absolute atomic E-state index is 11.3. The monoisotopic (exact) mass is 569 g/mol. The molecule has 0 fully saturated rings. The quantitative estimate of drug-likeness (QED) is 0.435. The minimum Gasteiger partial charge on any atom is -0.478 e. The zero-order chi connectivity index (χ0) is 13.2. The highest BCUT2D eigenvalue weighted by Gasteiger charge is 2.16. The number of hydrogen-bond acceptors (Lipinski definition) is 2. The van der Waals surface area contributed by atoms with Gasteiger partial charge in [0.1, 0.15) is 0 Å². The number of rotatable bonds is 3. The Labute approximate surface area is 138 Å². The number of benzene rings is 1. The van der Waals surface area contributed by atoms with E-state index in [9.17, 15) is 9.59 Å². The zero-order valence-corrected chi connectivity index (χ0v) is 14.7. The predicted molar refractivity (Wildman–Crippen MR) is 89.8 cm³/mol. The molecule has 17 heavy (non-hydrogen) atoms. The van der Waals surface area contributed by atoms with E-state index in [0.717, 1.165) is 13.2 Å². The highest BCUT2D eigenvalue weighted by Crippen LogP contribution is 2.28. The maximum Gasteiger partial charge on any atom is 0.328 e. The van der Waals surface area contributed by atoms with Crippen molar-refractivity contribution < 1.29 is 14.7 Å². The Morgan fingerprint density at radius 1 is 1.24 bits per heavy atom. The number of carboxylic acid groups (broad SMARTS) is 1. The Bertz CT molecular complexity index is 526. The van der Waals surface area contributed by atoms with Gasteiger partial charge in [-0.2, -0.15) is 0 Å². The van der Waals surface area contributed by atoms with Crippen molar-refractivity contribution in [3.8, 4) is 0 Å². The molecule has 0 bridgehead atoms. The van der Waals surface area contributed by atoms with Gasteiger partial charge in [-0.05, 0) is 79.9 Å². The first-order valence-corrected chi connectivity index (χ1v) is 7.46. The standard InChI is InChI=1S/C10H6I3NO3/c11-5-3-6(12)8(10(14)17)9(13)4(5)1-2-7(15)16/h1-3H,(H2,14,17)(H,15,16). The Morgan fingerprint density at radius 3 is 2.29 bits per heavy atom. The number of carbonyl (C=O) groups excluding carboxylic acids is 1. The van der Waals surface area contributed by atoms with Crippen molar-refractivity contribution in [2.45, 2.75) is 0 Å². The molecule has 90 valence electrons. The van der Waals surface area contributed by atoms with E-state index >= 15 is 0 Å². The molecule has 7 heteroatoms. The fraction of sp³-hybridized carbons (Fsp3) is 0. The van der Waals surface area contributed by atoms with E-state index in [1.165, 1.54) is 6.08 Å². The number of halogens is 3. The molecule has 0 aliphatic rings. The van der Waals surface area contributed by atoms with Crippen molar-refractivity contribution >= 4 is 85.7 Å². The molecule has 0 radical (unpaired) electrons. The van der Waals surface area contributed by atoms with Crippen molar-refractivity contribution in [1.82, 2.24) is 0 Å². The lowest BCUT2D eigenvalue weighted by atomic mass is 10.1. The lowest BCUT2D eigenvalue weighted by Gasteiger charge is -2.09. The highest BCUT2D eigenvalue weighted by molar-refractivity contribution is 14.1. The molecule has 0 saturated heterocycles. The molecule has 0 aromatic heterocycles. The maximum atomic E-state index is 11.3. The molecule has 0 aliphatic carbocycles. The van der Waals surface area contributed by atoms with Gasteiger partial charge in [0.25, 0.3) is 5.91 Å². The first-order valence-electron chi connectivity index (χ1n) is 4.23. The van der Waals surface area contributed by atoms with Crippen LogP contribution in [0.3, 0.4) is 0 Å². The molecule has 1 aromatic rings. The minimum absolute atomic E-state index is 0.427. The number of amides is 1. The zero-order valence-electron chi connectivity index (χ0n) is 8.21. The summed E-state index contributed by atoms with van der Waals surface area (Å²) in [6.45, 7) is 0. The average Bonchev–Trinajstić information content (AvgIpc) is 2.14. The molecule has 0 saturated carbocycles. The topological polar surface area (TPSA) is 80.4 Å². The van der Waals surface area contributed by atoms with Gasteiger partial charge in [-0.1, -0.05) is 0 Å². The van der Waals surface area contributed by atoms with E-state index in [4.69, 9.17) is 10.8 Å². The van der Waals surface area contributed by atoms with E-state index in [1.54, 1.807) is 6.07 Å². The SMILES string of the molecule is NC(=O)c1c(I)cc(I)c(C=CC(=O)O)c1I. The molecule has 0 atom stereocenters. The van der Waals surface area contributed by atoms with Gasteiger partial charge in [-0.15, -0.1) is 0 Å². The third-order valence-corrected chi connectivity index (χ3v) is 4.71. The van der Waals surface area contributed by atoms with Crippen LogP contribution in [-0.4, -0.2) is 17.0 Å². The van der Waals surface area contributed by atoms with Crippen LogP contribution in [0.4, 0.5) is 0 Å². The summed E-state index contributed by atoms with van der Waals surface area (Å²) in [6.07, 6.45) is 2.51. The predicted octanol–water partition coefficient (Wildman–Crippen LogP) is 2.70. The third kappa shape index (κ3) is 3.77.